The third kappa shape index (κ3) is 2.83. The molecule has 0 unspecified atom stereocenters. The van der Waals surface area contributed by atoms with Crippen LogP contribution in [-0.4, -0.2) is 65.4 Å². The summed E-state index contributed by atoms with van der Waals surface area (Å²) in [7, 11) is 1.98. The van der Waals surface area contributed by atoms with Gasteiger partial charge in [0.1, 0.15) is 0 Å². The van der Waals surface area contributed by atoms with E-state index in [1.165, 1.54) is 11.3 Å². The molecule has 6 nitrogen and oxygen atoms in total. The highest BCUT2D eigenvalue weighted by Crippen LogP contribution is 2.33. The van der Waals surface area contributed by atoms with Gasteiger partial charge < -0.3 is 9.80 Å². The number of anilines is 1. The summed E-state index contributed by atoms with van der Waals surface area (Å²) in [5, 5.41) is 3.82. The molecule has 0 bridgehead atoms. The lowest BCUT2D eigenvalue weighted by Gasteiger charge is -2.46. The van der Waals surface area contributed by atoms with Gasteiger partial charge in [0.25, 0.3) is 5.91 Å². The van der Waals surface area contributed by atoms with Crippen LogP contribution < -0.4 is 4.90 Å². The van der Waals surface area contributed by atoms with Crippen molar-refractivity contribution in [1.82, 2.24) is 14.8 Å². The number of hydrogen-bond acceptors (Lipinski definition) is 5. The summed E-state index contributed by atoms with van der Waals surface area (Å²) >= 11 is 1.53. The minimum Gasteiger partial charge on any atom is -0.337 e. The average molecular weight is 356 g/mol. The number of pyridine rings is 1. The van der Waals surface area contributed by atoms with Crippen LogP contribution in [-0.2, 0) is 4.79 Å². The zero-order valence-corrected chi connectivity index (χ0v) is 14.9. The molecule has 0 N–H and O–H groups in total. The largest absolute Gasteiger partial charge is 0.337 e. The quantitative estimate of drug-likeness (QED) is 0.822. The molecule has 2 aliphatic heterocycles. The highest BCUT2D eigenvalue weighted by atomic mass is 32.1. The van der Waals surface area contributed by atoms with Crippen molar-refractivity contribution in [3.63, 3.8) is 0 Å². The van der Waals surface area contributed by atoms with Crippen LogP contribution in [0.25, 0.3) is 0 Å². The molecule has 0 aromatic carbocycles. The van der Waals surface area contributed by atoms with Gasteiger partial charge in [0, 0.05) is 31.2 Å². The van der Waals surface area contributed by atoms with Crippen molar-refractivity contribution in [2.24, 2.45) is 0 Å². The Morgan fingerprint density at radius 1 is 1.32 bits per heavy atom. The SMILES string of the molecule is CN1CC(=O)N(c2cccnc2)C[C@]12CCN(C(=O)c1ccsc1)C2. The van der Waals surface area contributed by atoms with Crippen LogP contribution in [0.15, 0.2) is 41.4 Å². The van der Waals surface area contributed by atoms with E-state index in [0.29, 0.717) is 26.2 Å². The molecular formula is C18H20N4O2S. The first-order valence-electron chi connectivity index (χ1n) is 8.32. The van der Waals surface area contributed by atoms with Crippen molar-refractivity contribution >= 4 is 28.8 Å². The third-order valence-corrected chi connectivity index (χ3v) is 5.96. The lowest BCUT2D eigenvalue weighted by atomic mass is 9.92. The van der Waals surface area contributed by atoms with Gasteiger partial charge in [-0.3, -0.25) is 19.5 Å². The molecule has 25 heavy (non-hydrogen) atoms. The maximum absolute atomic E-state index is 12.7. The molecule has 2 aliphatic rings. The Labute approximate surface area is 150 Å². The Bertz CT molecular complexity index is 780. The van der Waals surface area contributed by atoms with Gasteiger partial charge >= 0.3 is 0 Å². The monoisotopic (exact) mass is 356 g/mol. The lowest BCUT2D eigenvalue weighted by Crippen LogP contribution is -2.64. The van der Waals surface area contributed by atoms with Gasteiger partial charge in [-0.15, -0.1) is 0 Å². The standard InChI is InChI=1S/C18H20N4O2S/c1-20-10-16(23)22(15-3-2-6-19-9-15)13-18(20)5-7-21(12-18)17(24)14-4-8-25-11-14/h2-4,6,8-9,11H,5,7,10,12-13H2,1H3/t18-/m1/s1. The van der Waals surface area contributed by atoms with E-state index in [1.54, 1.807) is 12.4 Å². The first-order valence-corrected chi connectivity index (χ1v) is 9.26. The Hall–Kier alpha value is -2.25. The van der Waals surface area contributed by atoms with Crippen LogP contribution in [0, 0.1) is 0 Å². The molecule has 2 amide bonds. The molecule has 1 spiro atoms. The molecule has 2 aromatic heterocycles. The first kappa shape index (κ1) is 16.2. The Kier molecular flexibility index (Phi) is 4.05. The Balaban J connectivity index is 1.56. The number of piperazine rings is 1. The van der Waals surface area contributed by atoms with Crippen molar-refractivity contribution < 1.29 is 9.59 Å². The van der Waals surface area contributed by atoms with E-state index in [1.807, 2.05) is 45.8 Å². The molecule has 2 fully saturated rings. The van der Waals surface area contributed by atoms with Gasteiger partial charge in [-0.25, -0.2) is 0 Å². The fourth-order valence-electron chi connectivity index (χ4n) is 3.75. The first-order chi connectivity index (χ1) is 12.1. The topological polar surface area (TPSA) is 56.8 Å². The fraction of sp³-hybridized carbons (Fsp3) is 0.389. The summed E-state index contributed by atoms with van der Waals surface area (Å²) in [5.41, 5.74) is 1.37. The van der Waals surface area contributed by atoms with Gasteiger partial charge in [-0.05, 0) is 37.0 Å². The number of carbonyl (C=O) groups is 2. The minimum atomic E-state index is -0.199. The number of hydrogen-bond donors (Lipinski definition) is 0. The summed E-state index contributed by atoms with van der Waals surface area (Å²) in [6, 6.07) is 5.62. The highest BCUT2D eigenvalue weighted by Gasteiger charge is 2.48. The summed E-state index contributed by atoms with van der Waals surface area (Å²) in [6.45, 7) is 2.30. The maximum Gasteiger partial charge on any atom is 0.254 e. The maximum atomic E-state index is 12.7. The highest BCUT2D eigenvalue weighted by molar-refractivity contribution is 7.08. The molecule has 1 atom stereocenters. The molecule has 2 saturated heterocycles. The normalized spacial score (nSPS) is 24.3. The minimum absolute atomic E-state index is 0.0729. The number of carbonyl (C=O) groups excluding carboxylic acids is 2. The zero-order valence-electron chi connectivity index (χ0n) is 14.1. The van der Waals surface area contributed by atoms with E-state index in [2.05, 4.69) is 9.88 Å². The van der Waals surface area contributed by atoms with Crippen LogP contribution in [0.5, 0.6) is 0 Å². The molecule has 7 heteroatoms. The van der Waals surface area contributed by atoms with E-state index >= 15 is 0 Å². The number of likely N-dealkylation sites (tertiary alicyclic amines) is 1. The number of nitrogens with zero attached hydrogens (tertiary/aromatic N) is 4. The number of likely N-dealkylation sites (N-methyl/N-ethyl adjacent to an activating group) is 1. The predicted molar refractivity (Wildman–Crippen MR) is 96.8 cm³/mol. The molecule has 4 rings (SSSR count). The van der Waals surface area contributed by atoms with Crippen LogP contribution in [0.1, 0.15) is 16.8 Å². The fourth-order valence-corrected chi connectivity index (χ4v) is 4.38. The third-order valence-electron chi connectivity index (χ3n) is 5.28. The Morgan fingerprint density at radius 3 is 2.92 bits per heavy atom. The molecule has 0 saturated carbocycles. The number of rotatable bonds is 2. The van der Waals surface area contributed by atoms with Gasteiger partial charge in [-0.1, -0.05) is 0 Å². The van der Waals surface area contributed by atoms with Crippen molar-refractivity contribution in [2.45, 2.75) is 12.0 Å². The molecular weight excluding hydrogens is 336 g/mol. The van der Waals surface area contributed by atoms with Gasteiger partial charge in [0.15, 0.2) is 0 Å². The van der Waals surface area contributed by atoms with Crippen LogP contribution in [0.4, 0.5) is 5.69 Å². The second kappa shape index (κ2) is 6.24. The number of thiophene rings is 1. The molecule has 130 valence electrons. The molecule has 4 heterocycles. The zero-order chi connectivity index (χ0) is 17.4. The second-order valence-electron chi connectivity index (χ2n) is 6.76. The van der Waals surface area contributed by atoms with Gasteiger partial charge in [0.05, 0.1) is 29.5 Å². The van der Waals surface area contributed by atoms with Gasteiger partial charge in [0.2, 0.25) is 5.91 Å². The number of amides is 2. The summed E-state index contributed by atoms with van der Waals surface area (Å²) in [6.07, 6.45) is 4.29. The van der Waals surface area contributed by atoms with Crippen molar-refractivity contribution in [2.75, 3.05) is 38.1 Å². The smallest absolute Gasteiger partial charge is 0.254 e. The lowest BCUT2D eigenvalue weighted by molar-refractivity contribution is -0.123. The molecule has 2 aromatic rings. The van der Waals surface area contributed by atoms with Crippen molar-refractivity contribution in [3.8, 4) is 0 Å². The van der Waals surface area contributed by atoms with E-state index in [-0.39, 0.29) is 17.4 Å². The summed E-state index contributed by atoms with van der Waals surface area (Å²) in [5.74, 6) is 0.153. The molecule has 0 aliphatic carbocycles. The predicted octanol–water partition coefficient (Wildman–Crippen LogP) is 1.71. The second-order valence-corrected chi connectivity index (χ2v) is 7.54. The van der Waals surface area contributed by atoms with E-state index < -0.39 is 0 Å². The summed E-state index contributed by atoms with van der Waals surface area (Å²) in [4.78, 5) is 35.2. The number of aromatic nitrogens is 1. The van der Waals surface area contributed by atoms with Crippen LogP contribution in [0.2, 0.25) is 0 Å². The summed E-state index contributed by atoms with van der Waals surface area (Å²) < 4.78 is 0. The van der Waals surface area contributed by atoms with Crippen LogP contribution in [0.3, 0.4) is 0 Å². The van der Waals surface area contributed by atoms with Crippen molar-refractivity contribution in [3.05, 3.63) is 46.9 Å². The van der Waals surface area contributed by atoms with E-state index in [9.17, 15) is 9.59 Å². The van der Waals surface area contributed by atoms with E-state index in [4.69, 9.17) is 0 Å². The van der Waals surface area contributed by atoms with Crippen molar-refractivity contribution in [1.29, 1.82) is 0 Å². The Morgan fingerprint density at radius 2 is 2.20 bits per heavy atom. The molecule has 0 radical (unpaired) electrons. The van der Waals surface area contributed by atoms with Crippen LogP contribution >= 0.6 is 11.3 Å². The average Bonchev–Trinajstić information content (AvgIpc) is 3.30. The van der Waals surface area contributed by atoms with E-state index in [0.717, 1.165) is 17.7 Å². The van der Waals surface area contributed by atoms with Gasteiger partial charge in [-0.2, -0.15) is 11.3 Å².